The third-order valence-electron chi connectivity index (χ3n) is 3.62. The van der Waals surface area contributed by atoms with Gasteiger partial charge in [-0.1, -0.05) is 12.8 Å². The highest BCUT2D eigenvalue weighted by atomic mass is 32.1. The molecule has 0 spiro atoms. The van der Waals surface area contributed by atoms with Crippen molar-refractivity contribution in [3.05, 3.63) is 16.1 Å². The Morgan fingerprint density at radius 2 is 2.16 bits per heavy atom. The highest BCUT2D eigenvalue weighted by Gasteiger charge is 2.42. The van der Waals surface area contributed by atoms with E-state index in [-0.39, 0.29) is 12.3 Å². The Balaban J connectivity index is 1.88. The summed E-state index contributed by atoms with van der Waals surface area (Å²) >= 11 is 1.50. The monoisotopic (exact) mass is 282 g/mol. The van der Waals surface area contributed by atoms with Gasteiger partial charge in [0.05, 0.1) is 12.0 Å². The summed E-state index contributed by atoms with van der Waals surface area (Å²) in [6.45, 7) is 2.28. The van der Waals surface area contributed by atoms with Crippen LogP contribution in [-0.4, -0.2) is 22.0 Å². The number of carbonyl (C=O) groups is 2. The molecule has 0 aliphatic heterocycles. The lowest BCUT2D eigenvalue weighted by Gasteiger charge is -2.22. The molecule has 6 heteroatoms. The van der Waals surface area contributed by atoms with Gasteiger partial charge in [-0.05, 0) is 19.8 Å². The number of nitrogens with zero attached hydrogens (tertiary/aromatic N) is 1. The largest absolute Gasteiger partial charge is 0.481 e. The third-order valence-corrected chi connectivity index (χ3v) is 4.58. The Morgan fingerprint density at radius 1 is 1.47 bits per heavy atom. The van der Waals surface area contributed by atoms with Crippen LogP contribution >= 0.6 is 11.3 Å². The Bertz CT molecular complexity index is 478. The first-order valence-electron chi connectivity index (χ1n) is 6.43. The second kappa shape index (κ2) is 5.69. The fraction of sp³-hybridized carbons (Fsp3) is 0.615. The van der Waals surface area contributed by atoms with Crippen molar-refractivity contribution in [1.82, 2.24) is 10.3 Å². The Morgan fingerprint density at radius 3 is 2.68 bits per heavy atom. The number of rotatable bonds is 5. The van der Waals surface area contributed by atoms with E-state index in [4.69, 9.17) is 0 Å². The molecule has 5 nitrogen and oxygen atoms in total. The van der Waals surface area contributed by atoms with E-state index < -0.39 is 11.4 Å². The van der Waals surface area contributed by atoms with Crippen molar-refractivity contribution in [2.24, 2.45) is 5.41 Å². The zero-order valence-electron chi connectivity index (χ0n) is 10.9. The second-order valence-electron chi connectivity index (χ2n) is 5.13. The van der Waals surface area contributed by atoms with Gasteiger partial charge in [0.25, 0.3) is 0 Å². The van der Waals surface area contributed by atoms with E-state index in [0.29, 0.717) is 19.4 Å². The van der Waals surface area contributed by atoms with Crippen LogP contribution in [-0.2, 0) is 16.1 Å². The van der Waals surface area contributed by atoms with Gasteiger partial charge in [0.1, 0.15) is 5.01 Å². The molecule has 2 rings (SSSR count). The van der Waals surface area contributed by atoms with Crippen molar-refractivity contribution in [2.75, 3.05) is 0 Å². The van der Waals surface area contributed by atoms with Crippen LogP contribution in [0.4, 0.5) is 0 Å². The van der Waals surface area contributed by atoms with Crippen LogP contribution in [0.15, 0.2) is 5.38 Å². The van der Waals surface area contributed by atoms with Crippen molar-refractivity contribution >= 4 is 23.2 Å². The van der Waals surface area contributed by atoms with Crippen molar-refractivity contribution in [2.45, 2.75) is 45.6 Å². The van der Waals surface area contributed by atoms with Gasteiger partial charge in [0.2, 0.25) is 5.91 Å². The SMILES string of the molecule is Cc1csc(CNC(=O)CC2(C(=O)O)CCCC2)n1. The van der Waals surface area contributed by atoms with Crippen LogP contribution in [0.1, 0.15) is 42.8 Å². The number of hydrogen-bond donors (Lipinski definition) is 2. The molecule has 2 N–H and O–H groups in total. The van der Waals surface area contributed by atoms with Gasteiger partial charge >= 0.3 is 5.97 Å². The van der Waals surface area contributed by atoms with Gasteiger partial charge in [0, 0.05) is 17.5 Å². The molecule has 19 heavy (non-hydrogen) atoms. The van der Waals surface area contributed by atoms with E-state index in [0.717, 1.165) is 23.5 Å². The number of amides is 1. The summed E-state index contributed by atoms with van der Waals surface area (Å²) in [5.74, 6) is -1.04. The molecule has 1 aliphatic rings. The zero-order valence-corrected chi connectivity index (χ0v) is 11.8. The molecule has 0 saturated heterocycles. The van der Waals surface area contributed by atoms with E-state index in [1.165, 1.54) is 11.3 Å². The van der Waals surface area contributed by atoms with Gasteiger partial charge < -0.3 is 10.4 Å². The summed E-state index contributed by atoms with van der Waals surface area (Å²) in [7, 11) is 0. The lowest BCUT2D eigenvalue weighted by molar-refractivity contribution is -0.151. The number of carboxylic acids is 1. The lowest BCUT2D eigenvalue weighted by Crippen LogP contribution is -2.35. The molecule has 1 amide bonds. The molecule has 1 aromatic heterocycles. The smallest absolute Gasteiger partial charge is 0.310 e. The highest BCUT2D eigenvalue weighted by molar-refractivity contribution is 7.09. The Labute approximate surface area is 116 Å². The molecular weight excluding hydrogens is 264 g/mol. The van der Waals surface area contributed by atoms with Crippen LogP contribution in [0.3, 0.4) is 0 Å². The summed E-state index contributed by atoms with van der Waals surface area (Å²) in [6, 6.07) is 0. The minimum atomic E-state index is -0.844. The number of hydrogen-bond acceptors (Lipinski definition) is 4. The Hall–Kier alpha value is -1.43. The summed E-state index contributed by atoms with van der Waals surface area (Å²) in [5, 5.41) is 14.9. The van der Waals surface area contributed by atoms with E-state index in [1.54, 1.807) is 0 Å². The molecule has 1 fully saturated rings. The van der Waals surface area contributed by atoms with Crippen LogP contribution < -0.4 is 5.32 Å². The van der Waals surface area contributed by atoms with Gasteiger partial charge in [-0.2, -0.15) is 0 Å². The number of aromatic nitrogens is 1. The number of aryl methyl sites for hydroxylation is 1. The van der Waals surface area contributed by atoms with Crippen LogP contribution in [0, 0.1) is 12.3 Å². The maximum absolute atomic E-state index is 11.9. The van der Waals surface area contributed by atoms with E-state index in [2.05, 4.69) is 10.3 Å². The highest BCUT2D eigenvalue weighted by Crippen LogP contribution is 2.41. The number of nitrogens with one attached hydrogen (secondary N) is 1. The van der Waals surface area contributed by atoms with Crippen molar-refractivity contribution in [3.8, 4) is 0 Å². The van der Waals surface area contributed by atoms with Crippen molar-refractivity contribution in [1.29, 1.82) is 0 Å². The summed E-state index contributed by atoms with van der Waals surface area (Å²) in [4.78, 5) is 27.5. The molecule has 104 valence electrons. The lowest BCUT2D eigenvalue weighted by atomic mass is 9.82. The predicted molar refractivity (Wildman–Crippen MR) is 71.9 cm³/mol. The average molecular weight is 282 g/mol. The third kappa shape index (κ3) is 3.32. The molecule has 1 saturated carbocycles. The molecule has 0 atom stereocenters. The molecule has 1 aliphatic carbocycles. The van der Waals surface area contributed by atoms with Gasteiger partial charge in [0.15, 0.2) is 0 Å². The maximum Gasteiger partial charge on any atom is 0.310 e. The molecular formula is C13H18N2O3S. The van der Waals surface area contributed by atoms with E-state index in [9.17, 15) is 14.7 Å². The van der Waals surface area contributed by atoms with Crippen LogP contribution in [0.5, 0.6) is 0 Å². The maximum atomic E-state index is 11.9. The first-order valence-corrected chi connectivity index (χ1v) is 7.31. The minimum Gasteiger partial charge on any atom is -0.481 e. The predicted octanol–water partition coefficient (Wildman–Crippen LogP) is 2.10. The summed E-state index contributed by atoms with van der Waals surface area (Å²) in [5.41, 5.74) is 0.0927. The molecule has 0 radical (unpaired) electrons. The molecule has 1 heterocycles. The summed E-state index contributed by atoms with van der Waals surface area (Å²) in [6.07, 6.45) is 3.07. The normalized spacial score (nSPS) is 17.3. The number of carbonyl (C=O) groups excluding carboxylic acids is 1. The number of carboxylic acid groups (broad SMARTS) is 1. The minimum absolute atomic E-state index is 0.0761. The van der Waals surface area contributed by atoms with E-state index >= 15 is 0 Å². The van der Waals surface area contributed by atoms with Crippen LogP contribution in [0.2, 0.25) is 0 Å². The van der Waals surface area contributed by atoms with E-state index in [1.807, 2.05) is 12.3 Å². The van der Waals surface area contributed by atoms with Crippen LogP contribution in [0.25, 0.3) is 0 Å². The summed E-state index contributed by atoms with van der Waals surface area (Å²) < 4.78 is 0. The average Bonchev–Trinajstić information content (AvgIpc) is 2.97. The number of aliphatic carboxylic acids is 1. The zero-order chi connectivity index (χ0) is 13.9. The van der Waals surface area contributed by atoms with Gasteiger partial charge in [-0.3, -0.25) is 9.59 Å². The van der Waals surface area contributed by atoms with Crippen molar-refractivity contribution < 1.29 is 14.7 Å². The standard InChI is InChI=1S/C13H18N2O3S/c1-9-8-19-11(15-9)7-14-10(16)6-13(12(17)18)4-2-3-5-13/h8H,2-7H2,1H3,(H,14,16)(H,17,18). The van der Waals surface area contributed by atoms with Gasteiger partial charge in [-0.25, -0.2) is 4.98 Å². The second-order valence-corrected chi connectivity index (χ2v) is 6.07. The quantitative estimate of drug-likeness (QED) is 0.866. The topological polar surface area (TPSA) is 79.3 Å². The molecule has 0 unspecified atom stereocenters. The fourth-order valence-corrected chi connectivity index (χ4v) is 3.26. The fourth-order valence-electron chi connectivity index (χ4n) is 2.55. The number of thiazole rings is 1. The molecule has 0 bridgehead atoms. The molecule has 1 aromatic rings. The van der Waals surface area contributed by atoms with Crippen molar-refractivity contribution in [3.63, 3.8) is 0 Å². The Kier molecular flexibility index (Phi) is 4.19. The van der Waals surface area contributed by atoms with Gasteiger partial charge in [-0.15, -0.1) is 11.3 Å². The first kappa shape index (κ1) is 14.0. The first-order chi connectivity index (χ1) is 9.02. The molecule has 0 aromatic carbocycles.